The van der Waals surface area contributed by atoms with Crippen LogP contribution >= 0.6 is 0 Å². The van der Waals surface area contributed by atoms with Crippen LogP contribution in [0.1, 0.15) is 74.7 Å². The lowest BCUT2D eigenvalue weighted by Crippen LogP contribution is -2.48. The van der Waals surface area contributed by atoms with Crippen LogP contribution in [0.5, 0.6) is 0 Å². The zero-order valence-corrected chi connectivity index (χ0v) is 18.4. The molecule has 1 N–H and O–H groups in total. The number of hydrogen-bond acceptors (Lipinski definition) is 4. The van der Waals surface area contributed by atoms with Gasteiger partial charge in [0.05, 0.1) is 10.8 Å². The highest BCUT2D eigenvalue weighted by Gasteiger charge is 2.47. The summed E-state index contributed by atoms with van der Waals surface area (Å²) < 4.78 is 27.9. The SMILES string of the molecule is CC(C)(C)C1=NC(C)(C)C(C(C)(C)C)=C2C[C@H](NS(=O)(=O)C3CC3)CN12. The highest BCUT2D eigenvalue weighted by Crippen LogP contribution is 2.47. The summed E-state index contributed by atoms with van der Waals surface area (Å²) in [5.74, 6) is 1.07. The van der Waals surface area contributed by atoms with Gasteiger partial charge in [-0.25, -0.2) is 13.1 Å². The average Bonchev–Trinajstić information content (AvgIpc) is 3.17. The van der Waals surface area contributed by atoms with Gasteiger partial charge in [-0.1, -0.05) is 41.5 Å². The van der Waals surface area contributed by atoms with Gasteiger partial charge in [-0.2, -0.15) is 0 Å². The lowest BCUT2D eigenvalue weighted by molar-refractivity contribution is 0.351. The molecule has 0 aromatic carbocycles. The van der Waals surface area contributed by atoms with Crippen molar-refractivity contribution in [1.82, 2.24) is 9.62 Å². The van der Waals surface area contributed by atoms with E-state index in [0.717, 1.165) is 25.1 Å². The van der Waals surface area contributed by atoms with Crippen LogP contribution in [0.3, 0.4) is 0 Å². The van der Waals surface area contributed by atoms with Gasteiger partial charge in [-0.3, -0.25) is 4.99 Å². The maximum Gasteiger partial charge on any atom is 0.214 e. The number of rotatable bonds is 3. The number of hydrogen-bond donors (Lipinski definition) is 1. The first-order valence-electron chi connectivity index (χ1n) is 9.76. The minimum Gasteiger partial charge on any atom is -0.332 e. The van der Waals surface area contributed by atoms with Crippen LogP contribution in [0.4, 0.5) is 0 Å². The average molecular weight is 382 g/mol. The Morgan fingerprint density at radius 2 is 1.65 bits per heavy atom. The molecule has 1 saturated heterocycles. The fourth-order valence-corrected chi connectivity index (χ4v) is 6.20. The van der Waals surface area contributed by atoms with E-state index in [4.69, 9.17) is 4.99 Å². The van der Waals surface area contributed by atoms with Crippen LogP contribution < -0.4 is 4.72 Å². The molecule has 0 spiro atoms. The standard InChI is InChI=1S/C20H35N3O2S/c1-18(2,3)16-15-11-13(22-26(24,25)14-9-10-14)12-23(15)17(19(4,5)6)21-20(16,7)8/h13-14,22H,9-12H2,1-8H3/t13-/m0/s1. The zero-order valence-electron chi connectivity index (χ0n) is 17.6. The molecule has 2 fully saturated rings. The molecule has 1 atom stereocenters. The second-order valence-electron chi connectivity index (χ2n) is 10.7. The van der Waals surface area contributed by atoms with E-state index in [0.29, 0.717) is 6.54 Å². The van der Waals surface area contributed by atoms with Gasteiger partial charge in [0.1, 0.15) is 5.84 Å². The first kappa shape index (κ1) is 19.9. The Bertz CT molecular complexity index is 760. The van der Waals surface area contributed by atoms with Crippen molar-refractivity contribution in [1.29, 1.82) is 0 Å². The molecule has 2 heterocycles. The van der Waals surface area contributed by atoms with Gasteiger partial charge >= 0.3 is 0 Å². The van der Waals surface area contributed by atoms with Crippen LogP contribution in [0.2, 0.25) is 0 Å². The molecule has 26 heavy (non-hydrogen) atoms. The van der Waals surface area contributed by atoms with E-state index in [1.54, 1.807) is 0 Å². The monoisotopic (exact) mass is 381 g/mol. The number of fused-ring (bicyclic) bond motifs is 1. The molecular formula is C20H35N3O2S. The molecule has 1 aliphatic carbocycles. The maximum absolute atomic E-state index is 12.5. The Kier molecular flexibility index (Phi) is 4.44. The maximum atomic E-state index is 12.5. The molecule has 0 amide bonds. The van der Waals surface area contributed by atoms with Crippen LogP contribution in [0.15, 0.2) is 16.3 Å². The molecule has 0 radical (unpaired) electrons. The molecule has 3 rings (SSSR count). The molecule has 148 valence electrons. The lowest BCUT2D eigenvalue weighted by atomic mass is 9.73. The van der Waals surface area contributed by atoms with Crippen molar-refractivity contribution in [3.8, 4) is 0 Å². The van der Waals surface area contributed by atoms with Crippen molar-refractivity contribution < 1.29 is 8.42 Å². The van der Waals surface area contributed by atoms with E-state index < -0.39 is 10.0 Å². The van der Waals surface area contributed by atoms with E-state index >= 15 is 0 Å². The summed E-state index contributed by atoms with van der Waals surface area (Å²) in [6.07, 6.45) is 2.34. The van der Waals surface area contributed by atoms with E-state index in [2.05, 4.69) is 65.0 Å². The normalized spacial score (nSPS) is 26.8. The van der Waals surface area contributed by atoms with Gasteiger partial charge in [0.15, 0.2) is 0 Å². The Labute approximate surface area is 159 Å². The van der Waals surface area contributed by atoms with E-state index in [1.807, 2.05) is 0 Å². The van der Waals surface area contributed by atoms with E-state index in [1.165, 1.54) is 11.3 Å². The molecule has 1 saturated carbocycles. The largest absolute Gasteiger partial charge is 0.332 e. The molecule has 0 aromatic heterocycles. The predicted octanol–water partition coefficient (Wildman–Crippen LogP) is 3.68. The van der Waals surface area contributed by atoms with Crippen LogP contribution in [-0.2, 0) is 10.0 Å². The summed E-state index contributed by atoms with van der Waals surface area (Å²) in [7, 11) is -3.19. The number of nitrogens with one attached hydrogen (secondary N) is 1. The highest BCUT2D eigenvalue weighted by atomic mass is 32.2. The topological polar surface area (TPSA) is 61.8 Å². The number of amidine groups is 1. The lowest BCUT2D eigenvalue weighted by Gasteiger charge is -2.45. The number of nitrogens with zero attached hydrogens (tertiary/aromatic N) is 2. The highest BCUT2D eigenvalue weighted by molar-refractivity contribution is 7.90. The van der Waals surface area contributed by atoms with E-state index in [-0.39, 0.29) is 27.7 Å². The molecule has 6 heteroatoms. The number of aliphatic imine (C=N–C) groups is 1. The first-order chi connectivity index (χ1) is 11.6. The van der Waals surface area contributed by atoms with Gasteiger partial charge < -0.3 is 4.90 Å². The Balaban J connectivity index is 2.02. The molecule has 2 aliphatic heterocycles. The smallest absolute Gasteiger partial charge is 0.214 e. The predicted molar refractivity (Wildman–Crippen MR) is 108 cm³/mol. The van der Waals surface area contributed by atoms with Crippen molar-refractivity contribution >= 4 is 15.9 Å². The second-order valence-corrected chi connectivity index (χ2v) is 12.7. The summed E-state index contributed by atoms with van der Waals surface area (Å²) in [6.45, 7) is 18.3. The number of sulfonamides is 1. The third kappa shape index (κ3) is 3.59. The quantitative estimate of drug-likeness (QED) is 0.811. The summed E-state index contributed by atoms with van der Waals surface area (Å²) in [4.78, 5) is 7.46. The van der Waals surface area contributed by atoms with Crippen LogP contribution in [0.25, 0.3) is 0 Å². The van der Waals surface area contributed by atoms with Gasteiger partial charge in [0, 0.05) is 30.1 Å². The minimum atomic E-state index is -3.19. The summed E-state index contributed by atoms with van der Waals surface area (Å²) in [5.41, 5.74) is 2.21. The van der Waals surface area contributed by atoms with Crippen LogP contribution in [0, 0.1) is 10.8 Å². The molecule has 3 aliphatic rings. The van der Waals surface area contributed by atoms with Crippen LogP contribution in [-0.4, -0.2) is 42.5 Å². The summed E-state index contributed by atoms with van der Waals surface area (Å²) in [6, 6.07) is -0.0746. The zero-order chi connectivity index (χ0) is 19.7. The Hall–Kier alpha value is -0.880. The molecule has 0 unspecified atom stereocenters. The molecule has 5 nitrogen and oxygen atoms in total. The third-order valence-corrected chi connectivity index (χ3v) is 7.44. The van der Waals surface area contributed by atoms with Crippen molar-refractivity contribution in [3.63, 3.8) is 0 Å². The van der Waals surface area contributed by atoms with E-state index in [9.17, 15) is 8.42 Å². The Morgan fingerprint density at radius 1 is 1.08 bits per heavy atom. The fourth-order valence-electron chi connectivity index (χ4n) is 4.63. The van der Waals surface area contributed by atoms with Crippen molar-refractivity contribution in [3.05, 3.63) is 11.3 Å². The minimum absolute atomic E-state index is 0.0196. The van der Waals surface area contributed by atoms with Crippen molar-refractivity contribution in [2.24, 2.45) is 15.8 Å². The van der Waals surface area contributed by atoms with Gasteiger partial charge in [-0.15, -0.1) is 0 Å². The molecule has 0 bridgehead atoms. The van der Waals surface area contributed by atoms with Gasteiger partial charge in [0.2, 0.25) is 10.0 Å². The molecular weight excluding hydrogens is 346 g/mol. The fraction of sp³-hybridized carbons (Fsp3) is 0.850. The van der Waals surface area contributed by atoms with Gasteiger partial charge in [0.25, 0.3) is 0 Å². The third-order valence-electron chi connectivity index (χ3n) is 5.42. The summed E-state index contributed by atoms with van der Waals surface area (Å²) in [5, 5.41) is -0.177. The Morgan fingerprint density at radius 3 is 2.12 bits per heavy atom. The van der Waals surface area contributed by atoms with Crippen molar-refractivity contribution in [2.75, 3.05) is 6.54 Å². The van der Waals surface area contributed by atoms with Gasteiger partial charge in [-0.05, 0) is 37.7 Å². The molecule has 0 aromatic rings. The first-order valence-corrected chi connectivity index (χ1v) is 11.3. The second kappa shape index (κ2) is 5.81. The summed E-state index contributed by atoms with van der Waals surface area (Å²) >= 11 is 0. The van der Waals surface area contributed by atoms with Crippen molar-refractivity contribution in [2.45, 2.75) is 91.5 Å².